The lowest BCUT2D eigenvalue weighted by Crippen LogP contribution is -2.21. The third-order valence-corrected chi connectivity index (χ3v) is 3.91. The van der Waals surface area contributed by atoms with Gasteiger partial charge in [-0.15, -0.1) is 0 Å². The van der Waals surface area contributed by atoms with E-state index >= 15 is 0 Å². The van der Waals surface area contributed by atoms with Crippen molar-refractivity contribution in [2.75, 3.05) is 5.32 Å². The maximum absolute atomic E-state index is 4.33. The maximum Gasteiger partial charge on any atom is 0.0492 e. The van der Waals surface area contributed by atoms with Crippen LogP contribution in [0.5, 0.6) is 0 Å². The van der Waals surface area contributed by atoms with E-state index in [4.69, 9.17) is 0 Å². The maximum atomic E-state index is 4.33. The molecule has 1 aliphatic heterocycles. The molecule has 0 radical (unpaired) electrons. The molecule has 2 aromatic rings. The quantitative estimate of drug-likeness (QED) is 0.912. The minimum Gasteiger partial charge on any atom is -0.382 e. The number of aryl methyl sites for hydroxylation is 2. The lowest BCUT2D eigenvalue weighted by molar-refractivity contribution is 0.629. The average molecular weight is 255 g/mol. The first kappa shape index (κ1) is 12.3. The molecule has 1 aliphatic rings. The summed E-state index contributed by atoms with van der Waals surface area (Å²) in [7, 11) is 0. The van der Waals surface area contributed by atoms with E-state index in [9.17, 15) is 0 Å². The molecule has 0 bridgehead atoms. The zero-order valence-electron chi connectivity index (χ0n) is 11.7. The highest BCUT2D eigenvalue weighted by molar-refractivity contribution is 5.55. The predicted molar refractivity (Wildman–Crippen MR) is 78.6 cm³/mol. The van der Waals surface area contributed by atoms with Gasteiger partial charge in [0.15, 0.2) is 0 Å². The van der Waals surface area contributed by atoms with E-state index in [0.717, 1.165) is 13.0 Å². The summed E-state index contributed by atoms with van der Waals surface area (Å²) in [5.74, 6) is 0. The number of hydrogen-bond acceptors (Lipinski definition) is 2. The van der Waals surface area contributed by atoms with Gasteiger partial charge >= 0.3 is 0 Å². The lowest BCUT2D eigenvalue weighted by Gasteiger charge is -2.24. The first-order valence-corrected chi connectivity index (χ1v) is 7.15. The van der Waals surface area contributed by atoms with Gasteiger partial charge in [0.05, 0.1) is 0 Å². The second-order valence-corrected chi connectivity index (χ2v) is 5.39. The second kappa shape index (κ2) is 5.08. The molecule has 3 nitrogen and oxygen atoms in total. The number of rotatable bonds is 3. The van der Waals surface area contributed by atoms with E-state index in [0.29, 0.717) is 6.04 Å². The largest absolute Gasteiger partial charge is 0.382 e. The third-order valence-electron chi connectivity index (χ3n) is 3.91. The fourth-order valence-electron chi connectivity index (χ4n) is 2.82. The molecule has 1 N–H and O–H groups in total. The SMILES string of the molecule is CCn1nccc1Cc1ccc2c(c1)CCC(C)N2. The number of aromatic nitrogens is 2. The molecule has 2 heterocycles. The minimum atomic E-state index is 0.597. The summed E-state index contributed by atoms with van der Waals surface area (Å²) in [4.78, 5) is 0. The molecule has 0 fully saturated rings. The Morgan fingerprint density at radius 3 is 3.11 bits per heavy atom. The normalized spacial score (nSPS) is 17.9. The molecule has 1 aromatic carbocycles. The highest BCUT2D eigenvalue weighted by Crippen LogP contribution is 2.26. The molecule has 19 heavy (non-hydrogen) atoms. The van der Waals surface area contributed by atoms with Crippen LogP contribution in [0.15, 0.2) is 30.5 Å². The van der Waals surface area contributed by atoms with Gasteiger partial charge in [0.1, 0.15) is 0 Å². The number of hydrogen-bond donors (Lipinski definition) is 1. The fraction of sp³-hybridized carbons (Fsp3) is 0.438. The Morgan fingerprint density at radius 2 is 2.26 bits per heavy atom. The number of nitrogens with one attached hydrogen (secondary N) is 1. The van der Waals surface area contributed by atoms with Gasteiger partial charge in [-0.3, -0.25) is 4.68 Å². The zero-order chi connectivity index (χ0) is 13.2. The smallest absolute Gasteiger partial charge is 0.0492 e. The van der Waals surface area contributed by atoms with E-state index in [1.807, 2.05) is 6.20 Å². The van der Waals surface area contributed by atoms with Crippen molar-refractivity contribution in [1.29, 1.82) is 0 Å². The highest BCUT2D eigenvalue weighted by Gasteiger charge is 2.14. The van der Waals surface area contributed by atoms with Crippen molar-refractivity contribution in [3.05, 3.63) is 47.3 Å². The highest BCUT2D eigenvalue weighted by atomic mass is 15.3. The van der Waals surface area contributed by atoms with E-state index in [1.165, 1.54) is 35.3 Å². The third kappa shape index (κ3) is 2.50. The van der Waals surface area contributed by atoms with Gasteiger partial charge in [-0.1, -0.05) is 12.1 Å². The summed E-state index contributed by atoms with van der Waals surface area (Å²) in [6.45, 7) is 5.32. The summed E-state index contributed by atoms with van der Waals surface area (Å²) < 4.78 is 2.07. The van der Waals surface area contributed by atoms with Gasteiger partial charge in [0, 0.05) is 36.6 Å². The van der Waals surface area contributed by atoms with Crippen LogP contribution in [0.3, 0.4) is 0 Å². The Balaban J connectivity index is 1.83. The average Bonchev–Trinajstić information content (AvgIpc) is 2.86. The number of fused-ring (bicyclic) bond motifs is 1. The molecule has 0 saturated carbocycles. The first-order valence-electron chi connectivity index (χ1n) is 7.15. The van der Waals surface area contributed by atoms with Gasteiger partial charge in [-0.05, 0) is 49.9 Å². The van der Waals surface area contributed by atoms with Gasteiger partial charge in [-0.25, -0.2) is 0 Å². The Bertz CT molecular complexity index is 571. The molecule has 0 saturated heterocycles. The van der Waals surface area contributed by atoms with Crippen LogP contribution in [0.25, 0.3) is 0 Å². The number of anilines is 1. The molecular formula is C16H21N3. The molecule has 1 unspecified atom stereocenters. The predicted octanol–water partition coefficient (Wildman–Crippen LogP) is 3.24. The topological polar surface area (TPSA) is 29.9 Å². The van der Waals surface area contributed by atoms with Crippen LogP contribution in [0.4, 0.5) is 5.69 Å². The summed E-state index contributed by atoms with van der Waals surface area (Å²) in [6.07, 6.45) is 5.27. The molecule has 1 atom stereocenters. The first-order chi connectivity index (χ1) is 9.26. The van der Waals surface area contributed by atoms with Crippen molar-refractivity contribution in [1.82, 2.24) is 9.78 Å². The Morgan fingerprint density at radius 1 is 1.37 bits per heavy atom. The van der Waals surface area contributed by atoms with E-state index in [1.54, 1.807) is 0 Å². The van der Waals surface area contributed by atoms with Crippen LogP contribution in [0.1, 0.15) is 37.1 Å². The molecule has 3 rings (SSSR count). The van der Waals surface area contributed by atoms with Crippen LogP contribution in [0, 0.1) is 0 Å². The number of nitrogens with zero attached hydrogens (tertiary/aromatic N) is 2. The van der Waals surface area contributed by atoms with E-state index in [2.05, 4.69) is 53.2 Å². The van der Waals surface area contributed by atoms with Crippen molar-refractivity contribution >= 4 is 5.69 Å². The van der Waals surface area contributed by atoms with E-state index in [-0.39, 0.29) is 0 Å². The van der Waals surface area contributed by atoms with Gasteiger partial charge in [0.2, 0.25) is 0 Å². The Kier molecular flexibility index (Phi) is 3.28. The fourth-order valence-corrected chi connectivity index (χ4v) is 2.82. The Labute approximate surface area is 114 Å². The Hall–Kier alpha value is -1.77. The van der Waals surface area contributed by atoms with Crippen molar-refractivity contribution in [3.8, 4) is 0 Å². The molecule has 3 heteroatoms. The van der Waals surface area contributed by atoms with Gasteiger partial charge < -0.3 is 5.32 Å². The standard InChI is InChI=1S/C16H21N3/c1-3-19-15(8-9-17-19)11-13-5-7-16-14(10-13)6-4-12(2)18-16/h5,7-10,12,18H,3-4,6,11H2,1-2H3. The molecule has 100 valence electrons. The summed E-state index contributed by atoms with van der Waals surface area (Å²) >= 11 is 0. The van der Waals surface area contributed by atoms with Crippen molar-refractivity contribution in [2.24, 2.45) is 0 Å². The van der Waals surface area contributed by atoms with Crippen LogP contribution in [-0.2, 0) is 19.4 Å². The summed E-state index contributed by atoms with van der Waals surface area (Å²) in [6, 6.07) is 9.52. The minimum absolute atomic E-state index is 0.597. The molecular weight excluding hydrogens is 234 g/mol. The lowest BCUT2D eigenvalue weighted by atomic mass is 9.96. The van der Waals surface area contributed by atoms with Gasteiger partial charge in [0.25, 0.3) is 0 Å². The zero-order valence-corrected chi connectivity index (χ0v) is 11.7. The summed E-state index contributed by atoms with van der Waals surface area (Å²) in [5.41, 5.74) is 5.44. The molecule has 0 spiro atoms. The van der Waals surface area contributed by atoms with Crippen molar-refractivity contribution < 1.29 is 0 Å². The summed E-state index contributed by atoms with van der Waals surface area (Å²) in [5, 5.41) is 7.88. The number of benzene rings is 1. The molecule has 1 aromatic heterocycles. The van der Waals surface area contributed by atoms with E-state index < -0.39 is 0 Å². The van der Waals surface area contributed by atoms with Crippen molar-refractivity contribution in [3.63, 3.8) is 0 Å². The monoisotopic (exact) mass is 255 g/mol. The van der Waals surface area contributed by atoms with Crippen LogP contribution in [-0.4, -0.2) is 15.8 Å². The molecule has 0 aliphatic carbocycles. The molecule has 0 amide bonds. The van der Waals surface area contributed by atoms with Crippen LogP contribution < -0.4 is 5.32 Å². The van der Waals surface area contributed by atoms with Crippen molar-refractivity contribution in [2.45, 2.75) is 45.7 Å². The van der Waals surface area contributed by atoms with Crippen LogP contribution in [0.2, 0.25) is 0 Å². The van der Waals surface area contributed by atoms with Gasteiger partial charge in [-0.2, -0.15) is 5.10 Å². The second-order valence-electron chi connectivity index (χ2n) is 5.39. The van der Waals surface area contributed by atoms with Crippen LogP contribution >= 0.6 is 0 Å².